The Hall–Kier alpha value is -1.84. The summed E-state index contributed by atoms with van der Waals surface area (Å²) in [5.41, 5.74) is 3.22. The molecule has 0 heterocycles. The molecule has 4 nitrogen and oxygen atoms in total. The van der Waals surface area contributed by atoms with Crippen LogP contribution < -0.4 is 0 Å². The summed E-state index contributed by atoms with van der Waals surface area (Å²) in [6.45, 7) is 2.02. The van der Waals surface area contributed by atoms with E-state index < -0.39 is 0 Å². The maximum atomic E-state index is 4.55. The Morgan fingerprint density at radius 3 is 2.00 bits per heavy atom. The van der Waals surface area contributed by atoms with Crippen LogP contribution in [0.4, 0.5) is 0 Å². The first-order valence-corrected chi connectivity index (χ1v) is 6.00. The van der Waals surface area contributed by atoms with Gasteiger partial charge in [0.25, 0.3) is 0 Å². The predicted octanol–water partition coefficient (Wildman–Crippen LogP) is 2.28. The molecule has 1 aromatic rings. The summed E-state index contributed by atoms with van der Waals surface area (Å²) in [6, 6.07) is 10.2. The quantitative estimate of drug-likeness (QED) is 0.589. The molecule has 0 saturated heterocycles. The first-order chi connectivity index (χ1) is 8.49. The molecule has 0 aliphatic rings. The van der Waals surface area contributed by atoms with Gasteiger partial charge in [0.05, 0.1) is 5.71 Å². The lowest BCUT2D eigenvalue weighted by Crippen LogP contribution is -2.15. The zero-order chi connectivity index (χ0) is 13.5. The van der Waals surface area contributed by atoms with Gasteiger partial charge in [-0.2, -0.15) is 10.2 Å². The third-order valence-corrected chi connectivity index (χ3v) is 2.22. The van der Waals surface area contributed by atoms with Gasteiger partial charge in [0.15, 0.2) is 0 Å². The summed E-state index contributed by atoms with van der Waals surface area (Å²) in [5, 5.41) is 12.6. The Balaban J connectivity index is 2.95. The molecule has 1 rings (SSSR count). The Kier molecular flexibility index (Phi) is 5.36. The second-order valence-corrected chi connectivity index (χ2v) is 4.62. The van der Waals surface area contributed by atoms with Gasteiger partial charge in [-0.05, 0) is 12.5 Å². The van der Waals surface area contributed by atoms with E-state index in [-0.39, 0.29) is 0 Å². The van der Waals surface area contributed by atoms with Gasteiger partial charge in [0.1, 0.15) is 0 Å². The predicted molar refractivity (Wildman–Crippen MR) is 78.1 cm³/mol. The Bertz CT molecular complexity index is 419. The number of benzene rings is 1. The third-order valence-electron chi connectivity index (χ3n) is 2.22. The number of rotatable bonds is 5. The molecule has 4 heteroatoms. The van der Waals surface area contributed by atoms with Crippen molar-refractivity contribution in [1.29, 1.82) is 0 Å². The second-order valence-electron chi connectivity index (χ2n) is 4.62. The van der Waals surface area contributed by atoms with Gasteiger partial charge in [0, 0.05) is 40.3 Å². The van der Waals surface area contributed by atoms with Crippen LogP contribution in [0.3, 0.4) is 0 Å². The summed E-state index contributed by atoms with van der Waals surface area (Å²) < 4.78 is 0. The molecule has 0 saturated carbocycles. The largest absolute Gasteiger partial charge is 0.303 e. The van der Waals surface area contributed by atoms with Crippen LogP contribution in [0.5, 0.6) is 0 Å². The first kappa shape index (κ1) is 14.2. The lowest BCUT2D eigenvalue weighted by Gasteiger charge is -2.12. The number of hydrazone groups is 2. The van der Waals surface area contributed by atoms with Crippen LogP contribution in [0.15, 0.2) is 40.5 Å². The summed E-state index contributed by atoms with van der Waals surface area (Å²) in [4.78, 5) is 0. The maximum absolute atomic E-state index is 4.55. The van der Waals surface area contributed by atoms with Gasteiger partial charge in [0.2, 0.25) is 0 Å². The van der Waals surface area contributed by atoms with Crippen molar-refractivity contribution in [1.82, 2.24) is 10.0 Å². The van der Waals surface area contributed by atoms with Crippen LogP contribution in [0, 0.1) is 0 Å². The Labute approximate surface area is 110 Å². The van der Waals surface area contributed by atoms with Crippen molar-refractivity contribution in [3.8, 4) is 0 Å². The lowest BCUT2D eigenvalue weighted by atomic mass is 10.1. The summed E-state index contributed by atoms with van der Waals surface area (Å²) >= 11 is 0. The van der Waals surface area contributed by atoms with Crippen LogP contribution in [-0.2, 0) is 0 Å². The van der Waals surface area contributed by atoms with E-state index in [0.29, 0.717) is 0 Å². The summed E-state index contributed by atoms with van der Waals surface area (Å²) in [5.74, 6) is 0. The van der Waals surface area contributed by atoms with Gasteiger partial charge in [-0.3, -0.25) is 0 Å². The van der Waals surface area contributed by atoms with Gasteiger partial charge in [-0.15, -0.1) is 0 Å². The average Bonchev–Trinajstić information content (AvgIpc) is 2.27. The molecule has 1 aromatic carbocycles. The molecule has 0 atom stereocenters. The second kappa shape index (κ2) is 6.79. The zero-order valence-corrected chi connectivity index (χ0v) is 11.9. The zero-order valence-electron chi connectivity index (χ0n) is 11.9. The molecule has 0 aromatic heterocycles. The monoisotopic (exact) mass is 246 g/mol. The highest BCUT2D eigenvalue weighted by Gasteiger charge is 2.06. The van der Waals surface area contributed by atoms with Gasteiger partial charge >= 0.3 is 0 Å². The highest BCUT2D eigenvalue weighted by atomic mass is 15.4. The van der Waals surface area contributed by atoms with Crippen molar-refractivity contribution in [3.05, 3.63) is 35.9 Å². The molecule has 0 aliphatic heterocycles. The molecule has 0 fully saturated rings. The Morgan fingerprint density at radius 2 is 1.50 bits per heavy atom. The fourth-order valence-corrected chi connectivity index (χ4v) is 1.69. The normalized spacial score (nSPS) is 12.5. The van der Waals surface area contributed by atoms with Gasteiger partial charge in [-0.25, -0.2) is 0 Å². The van der Waals surface area contributed by atoms with Crippen LogP contribution >= 0.6 is 0 Å². The van der Waals surface area contributed by atoms with E-state index in [1.165, 1.54) is 0 Å². The minimum Gasteiger partial charge on any atom is -0.303 e. The third kappa shape index (κ3) is 4.99. The topological polar surface area (TPSA) is 31.2 Å². The maximum Gasteiger partial charge on any atom is 0.0734 e. The van der Waals surface area contributed by atoms with Crippen LogP contribution in [0.2, 0.25) is 0 Å². The molecule has 0 spiro atoms. The van der Waals surface area contributed by atoms with E-state index in [2.05, 4.69) is 22.3 Å². The molecule has 0 amide bonds. The van der Waals surface area contributed by atoms with E-state index in [4.69, 9.17) is 0 Å². The van der Waals surface area contributed by atoms with Crippen molar-refractivity contribution < 1.29 is 0 Å². The smallest absolute Gasteiger partial charge is 0.0734 e. The molecule has 0 radical (unpaired) electrons. The minimum atomic E-state index is 0.750. The van der Waals surface area contributed by atoms with Crippen molar-refractivity contribution in [2.24, 2.45) is 10.2 Å². The molecule has 18 heavy (non-hydrogen) atoms. The highest BCUT2D eigenvalue weighted by molar-refractivity contribution is 6.11. The molecule has 0 bridgehead atoms. The molecule has 0 N–H and O–H groups in total. The summed E-state index contributed by atoms with van der Waals surface area (Å²) in [7, 11) is 7.71. The van der Waals surface area contributed by atoms with Crippen LogP contribution in [0.1, 0.15) is 18.9 Å². The van der Waals surface area contributed by atoms with Crippen molar-refractivity contribution >= 4 is 11.4 Å². The molecular formula is C14H22N4. The molecule has 0 unspecified atom stereocenters. The number of nitrogens with zero attached hydrogens (tertiary/aromatic N) is 4. The number of hydrogen-bond acceptors (Lipinski definition) is 4. The van der Waals surface area contributed by atoms with E-state index in [1.54, 1.807) is 0 Å². The van der Waals surface area contributed by atoms with E-state index >= 15 is 0 Å². The average molecular weight is 246 g/mol. The van der Waals surface area contributed by atoms with E-state index in [0.717, 1.165) is 23.4 Å². The van der Waals surface area contributed by atoms with Crippen molar-refractivity contribution in [3.63, 3.8) is 0 Å². The molecular weight excluding hydrogens is 224 g/mol. The number of hydrogen-bond donors (Lipinski definition) is 0. The molecule has 0 aliphatic carbocycles. The fraction of sp³-hybridized carbons (Fsp3) is 0.429. The van der Waals surface area contributed by atoms with Crippen LogP contribution in [0.25, 0.3) is 0 Å². The minimum absolute atomic E-state index is 0.750. The van der Waals surface area contributed by atoms with E-state index in [1.807, 2.05) is 63.3 Å². The molecule has 98 valence electrons. The van der Waals surface area contributed by atoms with Gasteiger partial charge in [-0.1, -0.05) is 30.3 Å². The lowest BCUT2D eigenvalue weighted by molar-refractivity contribution is 0.434. The summed E-state index contributed by atoms with van der Waals surface area (Å²) in [6.07, 6.45) is 0.750. The first-order valence-electron chi connectivity index (χ1n) is 6.00. The highest BCUT2D eigenvalue weighted by Crippen LogP contribution is 2.07. The van der Waals surface area contributed by atoms with Crippen LogP contribution in [-0.4, -0.2) is 49.6 Å². The van der Waals surface area contributed by atoms with Crippen molar-refractivity contribution in [2.45, 2.75) is 13.3 Å². The Morgan fingerprint density at radius 1 is 0.944 bits per heavy atom. The fourth-order valence-electron chi connectivity index (χ4n) is 1.69. The van der Waals surface area contributed by atoms with Gasteiger partial charge < -0.3 is 10.0 Å². The van der Waals surface area contributed by atoms with Crippen molar-refractivity contribution in [2.75, 3.05) is 28.2 Å². The van der Waals surface area contributed by atoms with E-state index in [9.17, 15) is 0 Å². The SMILES string of the molecule is CC(CC(=NN(C)C)c1ccccc1)=NN(C)C. The standard InChI is InChI=1S/C14H22N4/c1-12(15-17(2)3)11-14(16-18(4)5)13-9-7-6-8-10-13/h6-10H,11H2,1-5H3.